The number of ether oxygens (including phenoxy) is 4. The number of rotatable bonds is 10. The second-order valence-corrected chi connectivity index (χ2v) is 6.28. The topological polar surface area (TPSA) is 115 Å². The van der Waals surface area contributed by atoms with E-state index in [1.165, 1.54) is 39.5 Å². The Morgan fingerprint density at radius 2 is 1.72 bits per heavy atom. The molecule has 2 rings (SSSR count). The minimum absolute atomic E-state index is 0.0610. The van der Waals surface area contributed by atoms with Gasteiger partial charge in [0.05, 0.1) is 27.9 Å². The number of aliphatic hydroxyl groups is 2. The van der Waals surface area contributed by atoms with Crippen molar-refractivity contribution in [3.63, 3.8) is 0 Å². The molecule has 158 valence electrons. The lowest BCUT2D eigenvalue weighted by atomic mass is 10.0. The summed E-state index contributed by atoms with van der Waals surface area (Å²) in [5.74, 6) is 0.566. The molecule has 0 radical (unpaired) electrons. The molecule has 0 bridgehead atoms. The van der Waals surface area contributed by atoms with Crippen molar-refractivity contribution >= 4 is 5.97 Å². The van der Waals surface area contributed by atoms with Gasteiger partial charge in [-0.05, 0) is 41.8 Å². The van der Waals surface area contributed by atoms with Crippen LogP contribution in [0.5, 0.6) is 23.0 Å². The van der Waals surface area contributed by atoms with Gasteiger partial charge >= 0.3 is 5.97 Å². The number of carbonyl (C=O) groups is 1. The van der Waals surface area contributed by atoms with Gasteiger partial charge in [0.1, 0.15) is 6.10 Å². The molecule has 8 nitrogen and oxygen atoms in total. The van der Waals surface area contributed by atoms with Crippen LogP contribution in [0.25, 0.3) is 0 Å². The van der Waals surface area contributed by atoms with E-state index in [0.29, 0.717) is 23.5 Å². The minimum atomic E-state index is -1.18. The number of hydrogen-bond donors (Lipinski definition) is 3. The number of methoxy groups -OCH3 is 3. The van der Waals surface area contributed by atoms with Crippen molar-refractivity contribution in [3.05, 3.63) is 47.5 Å². The van der Waals surface area contributed by atoms with Crippen LogP contribution in [0.4, 0.5) is 0 Å². The van der Waals surface area contributed by atoms with E-state index in [0.717, 1.165) is 5.56 Å². The predicted molar refractivity (Wildman–Crippen MR) is 104 cm³/mol. The van der Waals surface area contributed by atoms with E-state index in [1.54, 1.807) is 18.2 Å². The van der Waals surface area contributed by atoms with E-state index in [4.69, 9.17) is 14.2 Å². The minimum Gasteiger partial charge on any atom is -0.504 e. The molecule has 0 saturated carbocycles. The van der Waals surface area contributed by atoms with Gasteiger partial charge in [-0.3, -0.25) is 4.79 Å². The first-order valence-electron chi connectivity index (χ1n) is 8.99. The highest BCUT2D eigenvalue weighted by atomic mass is 16.5. The third kappa shape index (κ3) is 5.75. The molecule has 8 heteroatoms. The number of carbonyl (C=O) groups excluding carboxylic acids is 1. The van der Waals surface area contributed by atoms with Gasteiger partial charge < -0.3 is 34.3 Å². The maximum absolute atomic E-state index is 11.3. The van der Waals surface area contributed by atoms with E-state index in [9.17, 15) is 20.1 Å². The molecule has 0 fully saturated rings. The van der Waals surface area contributed by atoms with Crippen LogP contribution < -0.4 is 14.2 Å². The van der Waals surface area contributed by atoms with Crippen LogP contribution in [0, 0.1) is 0 Å². The lowest BCUT2D eigenvalue weighted by Gasteiger charge is -2.24. The number of aryl methyl sites for hydroxylation is 1. The molecule has 0 aliphatic heterocycles. The van der Waals surface area contributed by atoms with Crippen molar-refractivity contribution in [2.45, 2.75) is 25.0 Å². The van der Waals surface area contributed by atoms with Gasteiger partial charge in [-0.2, -0.15) is 0 Å². The number of phenols is 1. The van der Waals surface area contributed by atoms with Gasteiger partial charge in [-0.1, -0.05) is 12.1 Å². The van der Waals surface area contributed by atoms with E-state index < -0.39 is 18.8 Å². The van der Waals surface area contributed by atoms with Crippen LogP contribution in [0.2, 0.25) is 0 Å². The normalized spacial score (nSPS) is 12.7. The van der Waals surface area contributed by atoms with Gasteiger partial charge in [-0.15, -0.1) is 0 Å². The zero-order valence-corrected chi connectivity index (χ0v) is 16.6. The van der Waals surface area contributed by atoms with Crippen LogP contribution in [-0.4, -0.2) is 55.3 Å². The summed E-state index contributed by atoms with van der Waals surface area (Å²) < 4.78 is 20.8. The standard InChI is InChI=1S/C21H26O8/c1-26-17-11-14(6-7-15(17)23)21(25)19(12-22)29-16-8-4-13(10-18(16)27-2)5-9-20(24)28-3/h4,6-8,10-11,19,21-23,25H,5,9,12H2,1-3H3/t19-,21+/m0/s1. The number of aromatic hydroxyl groups is 1. The quantitative estimate of drug-likeness (QED) is 0.513. The van der Waals surface area contributed by atoms with Gasteiger partial charge in [0.15, 0.2) is 29.1 Å². The third-order valence-electron chi connectivity index (χ3n) is 4.43. The molecule has 0 aliphatic rings. The van der Waals surface area contributed by atoms with E-state index in [2.05, 4.69) is 4.74 Å². The Hall–Kier alpha value is -2.97. The van der Waals surface area contributed by atoms with Crippen molar-refractivity contribution in [2.24, 2.45) is 0 Å². The van der Waals surface area contributed by atoms with Gasteiger partial charge in [-0.25, -0.2) is 0 Å². The zero-order chi connectivity index (χ0) is 21.4. The van der Waals surface area contributed by atoms with Crippen LogP contribution in [0.1, 0.15) is 23.7 Å². The predicted octanol–water partition coefficient (Wildman–Crippen LogP) is 1.99. The lowest BCUT2D eigenvalue weighted by molar-refractivity contribution is -0.140. The number of phenolic OH excluding ortho intramolecular Hbond substituents is 1. The molecule has 0 aliphatic carbocycles. The number of aliphatic hydroxyl groups excluding tert-OH is 2. The number of hydrogen-bond acceptors (Lipinski definition) is 8. The summed E-state index contributed by atoms with van der Waals surface area (Å²) in [5.41, 5.74) is 1.26. The smallest absolute Gasteiger partial charge is 0.305 e. The summed E-state index contributed by atoms with van der Waals surface area (Å²) in [6.45, 7) is -0.461. The fraction of sp³-hybridized carbons (Fsp3) is 0.381. The summed E-state index contributed by atoms with van der Waals surface area (Å²) >= 11 is 0. The molecule has 29 heavy (non-hydrogen) atoms. The van der Waals surface area contributed by atoms with Crippen LogP contribution >= 0.6 is 0 Å². The highest BCUT2D eigenvalue weighted by molar-refractivity contribution is 5.69. The second kappa shape index (κ2) is 10.5. The largest absolute Gasteiger partial charge is 0.504 e. The first kappa shape index (κ1) is 22.3. The van der Waals surface area contributed by atoms with Crippen molar-refractivity contribution in [2.75, 3.05) is 27.9 Å². The summed E-state index contributed by atoms with van der Waals surface area (Å²) in [4.78, 5) is 11.3. The maximum atomic E-state index is 11.3. The maximum Gasteiger partial charge on any atom is 0.305 e. The lowest BCUT2D eigenvalue weighted by Crippen LogP contribution is -2.29. The van der Waals surface area contributed by atoms with Gasteiger partial charge in [0, 0.05) is 6.42 Å². The molecule has 0 aromatic heterocycles. The fourth-order valence-electron chi connectivity index (χ4n) is 2.77. The van der Waals surface area contributed by atoms with Crippen LogP contribution in [-0.2, 0) is 16.0 Å². The molecular weight excluding hydrogens is 380 g/mol. The molecule has 0 heterocycles. The molecule has 0 saturated heterocycles. The first-order valence-corrected chi connectivity index (χ1v) is 8.99. The Balaban J connectivity index is 2.17. The van der Waals surface area contributed by atoms with E-state index >= 15 is 0 Å². The Morgan fingerprint density at radius 1 is 1.00 bits per heavy atom. The highest BCUT2D eigenvalue weighted by Crippen LogP contribution is 2.34. The Morgan fingerprint density at radius 3 is 2.34 bits per heavy atom. The fourth-order valence-corrected chi connectivity index (χ4v) is 2.77. The highest BCUT2D eigenvalue weighted by Gasteiger charge is 2.24. The first-order chi connectivity index (χ1) is 13.9. The van der Waals surface area contributed by atoms with Crippen molar-refractivity contribution in [1.29, 1.82) is 0 Å². The molecule has 2 aromatic carbocycles. The molecule has 2 aromatic rings. The number of benzene rings is 2. The van der Waals surface area contributed by atoms with Crippen molar-refractivity contribution in [3.8, 4) is 23.0 Å². The summed E-state index contributed by atoms with van der Waals surface area (Å²) in [5, 5.41) is 30.1. The average molecular weight is 406 g/mol. The van der Waals surface area contributed by atoms with Crippen LogP contribution in [0.15, 0.2) is 36.4 Å². The third-order valence-corrected chi connectivity index (χ3v) is 4.43. The van der Waals surface area contributed by atoms with E-state index in [1.807, 2.05) is 0 Å². The molecule has 0 amide bonds. The van der Waals surface area contributed by atoms with Crippen molar-refractivity contribution < 1.29 is 39.1 Å². The Kier molecular flexibility index (Phi) is 8.11. The van der Waals surface area contributed by atoms with Crippen LogP contribution in [0.3, 0.4) is 0 Å². The monoisotopic (exact) mass is 406 g/mol. The SMILES string of the molecule is COC(=O)CCc1ccc(O[C@@H](CO)[C@H](O)c2ccc(O)c(OC)c2)c(OC)c1. The summed E-state index contributed by atoms with van der Waals surface area (Å²) in [7, 11) is 4.21. The summed E-state index contributed by atoms with van der Waals surface area (Å²) in [6.07, 6.45) is -1.46. The molecule has 2 atom stereocenters. The molecule has 0 spiro atoms. The Labute approximate surface area is 169 Å². The molecular formula is C21H26O8. The second-order valence-electron chi connectivity index (χ2n) is 6.28. The molecule has 3 N–H and O–H groups in total. The van der Waals surface area contributed by atoms with Gasteiger partial charge in [0.25, 0.3) is 0 Å². The average Bonchev–Trinajstić information content (AvgIpc) is 2.75. The zero-order valence-electron chi connectivity index (χ0n) is 16.6. The van der Waals surface area contributed by atoms with Crippen molar-refractivity contribution in [1.82, 2.24) is 0 Å². The molecule has 0 unspecified atom stereocenters. The van der Waals surface area contributed by atoms with E-state index in [-0.39, 0.29) is 23.9 Å². The summed E-state index contributed by atoms with van der Waals surface area (Å²) in [6, 6.07) is 9.52. The van der Waals surface area contributed by atoms with Gasteiger partial charge in [0.2, 0.25) is 0 Å². The number of esters is 1. The Bertz CT molecular complexity index is 820.